The molecule has 8 heteroatoms. The average Bonchev–Trinajstić information content (AvgIpc) is 2.60. The molecule has 0 saturated carbocycles. The lowest BCUT2D eigenvalue weighted by Crippen LogP contribution is -2.24. The van der Waals surface area contributed by atoms with Crippen LogP contribution < -0.4 is 0 Å². The second-order valence-electron chi connectivity index (χ2n) is 6.64. The minimum absolute atomic E-state index is 0.0170. The Morgan fingerprint density at radius 1 is 0.500 bits per heavy atom. The van der Waals surface area contributed by atoms with Crippen LogP contribution in [0.15, 0.2) is 0 Å². The summed E-state index contributed by atoms with van der Waals surface area (Å²) >= 11 is 0. The quantitative estimate of drug-likeness (QED) is 0.339. The van der Waals surface area contributed by atoms with Crippen LogP contribution in [0, 0.1) is 0 Å². The second-order valence-corrected chi connectivity index (χ2v) is 6.64. The lowest BCUT2D eigenvalue weighted by atomic mass is 10.4. The third-order valence-corrected chi connectivity index (χ3v) is 2.99. The highest BCUT2D eigenvalue weighted by atomic mass is 16.6. The highest BCUT2D eigenvalue weighted by Gasteiger charge is 2.08. The van der Waals surface area contributed by atoms with Gasteiger partial charge in [0.05, 0.1) is 76.3 Å². The molecule has 0 aromatic carbocycles. The van der Waals surface area contributed by atoms with E-state index in [-0.39, 0.29) is 37.6 Å². The number of hydrogen-bond donors (Lipinski definition) is 4. The number of aliphatic hydroxyl groups is 4. The fraction of sp³-hybridized carbons (Fsp3) is 1.00. The van der Waals surface area contributed by atoms with Crippen molar-refractivity contribution in [1.82, 2.24) is 0 Å². The zero-order chi connectivity index (χ0) is 20.5. The summed E-state index contributed by atoms with van der Waals surface area (Å²) in [7, 11) is 0. The van der Waals surface area contributed by atoms with Gasteiger partial charge in [0.15, 0.2) is 0 Å². The van der Waals surface area contributed by atoms with Gasteiger partial charge in [0.25, 0.3) is 0 Å². The summed E-state index contributed by atoms with van der Waals surface area (Å²) in [5, 5.41) is 35.2. The molecular weight excluding hydrogens is 344 g/mol. The van der Waals surface area contributed by atoms with Crippen molar-refractivity contribution < 1.29 is 39.4 Å². The minimum atomic E-state index is -0.447. The largest absolute Gasteiger partial charge is 0.394 e. The molecule has 0 amide bonds. The summed E-state index contributed by atoms with van der Waals surface area (Å²) in [6.45, 7) is 12.2. The molecule has 0 bridgehead atoms. The fourth-order valence-corrected chi connectivity index (χ4v) is 1.41. The van der Waals surface area contributed by atoms with Crippen LogP contribution in [0.3, 0.4) is 0 Å². The smallest absolute Gasteiger partial charge is 0.0781 e. The van der Waals surface area contributed by atoms with Gasteiger partial charge >= 0.3 is 0 Å². The Morgan fingerprint density at radius 3 is 1.00 bits per heavy atom. The van der Waals surface area contributed by atoms with E-state index in [0.29, 0.717) is 26.4 Å². The van der Waals surface area contributed by atoms with Gasteiger partial charge in [-0.25, -0.2) is 0 Å². The first-order valence-corrected chi connectivity index (χ1v) is 9.16. The van der Waals surface area contributed by atoms with E-state index >= 15 is 0 Å². The van der Waals surface area contributed by atoms with Gasteiger partial charge in [0.1, 0.15) is 0 Å². The summed E-state index contributed by atoms with van der Waals surface area (Å²) in [4.78, 5) is 0. The highest BCUT2D eigenvalue weighted by Crippen LogP contribution is 1.98. The van der Waals surface area contributed by atoms with E-state index in [2.05, 4.69) is 0 Å². The minimum Gasteiger partial charge on any atom is -0.394 e. The predicted molar refractivity (Wildman–Crippen MR) is 99.2 cm³/mol. The standard InChI is InChI=1S/2C9H20O4/c2*1-7(11)5-12-9(3)6-13-8(2)4-10/h2*7-11H,4-6H2,1-3H3. The number of ether oxygens (including phenoxy) is 4. The van der Waals surface area contributed by atoms with Crippen LogP contribution in [-0.4, -0.2) is 96.7 Å². The van der Waals surface area contributed by atoms with E-state index in [1.165, 1.54) is 0 Å². The van der Waals surface area contributed by atoms with Crippen LogP contribution in [0.25, 0.3) is 0 Å². The number of rotatable bonds is 14. The Morgan fingerprint density at radius 2 is 0.769 bits per heavy atom. The SMILES string of the molecule is CC(O)COC(C)COC(C)CO.CC(O)COC(C)COC(C)CO. The molecule has 0 heterocycles. The molecule has 0 saturated heterocycles. The molecule has 6 unspecified atom stereocenters. The first kappa shape index (κ1) is 27.9. The molecule has 26 heavy (non-hydrogen) atoms. The van der Waals surface area contributed by atoms with E-state index in [4.69, 9.17) is 39.4 Å². The first-order chi connectivity index (χ1) is 12.1. The van der Waals surface area contributed by atoms with Crippen molar-refractivity contribution in [3.05, 3.63) is 0 Å². The molecule has 0 spiro atoms. The van der Waals surface area contributed by atoms with Gasteiger partial charge in [0.2, 0.25) is 0 Å². The van der Waals surface area contributed by atoms with Crippen LogP contribution in [0.4, 0.5) is 0 Å². The summed E-state index contributed by atoms with van der Waals surface area (Å²) in [5.74, 6) is 0. The maximum atomic E-state index is 8.92. The Kier molecular flexibility index (Phi) is 19.4. The lowest BCUT2D eigenvalue weighted by Gasteiger charge is -2.16. The predicted octanol–water partition coefficient (Wildman–Crippen LogP) is 0.339. The monoisotopic (exact) mass is 384 g/mol. The van der Waals surface area contributed by atoms with Gasteiger partial charge in [-0.15, -0.1) is 0 Å². The fourth-order valence-electron chi connectivity index (χ4n) is 1.41. The summed E-state index contributed by atoms with van der Waals surface area (Å²) in [6, 6.07) is 0. The van der Waals surface area contributed by atoms with Gasteiger partial charge in [-0.1, -0.05) is 0 Å². The molecule has 0 fully saturated rings. The van der Waals surface area contributed by atoms with Gasteiger partial charge in [-0.05, 0) is 41.5 Å². The van der Waals surface area contributed by atoms with E-state index in [1.54, 1.807) is 27.7 Å². The van der Waals surface area contributed by atoms with Crippen LogP contribution in [0.2, 0.25) is 0 Å². The molecule has 0 radical (unpaired) electrons. The maximum absolute atomic E-state index is 8.92. The lowest BCUT2D eigenvalue weighted by molar-refractivity contribution is -0.0620. The van der Waals surface area contributed by atoms with E-state index < -0.39 is 12.2 Å². The van der Waals surface area contributed by atoms with Gasteiger partial charge in [0, 0.05) is 0 Å². The van der Waals surface area contributed by atoms with Crippen LogP contribution in [-0.2, 0) is 18.9 Å². The normalized spacial score (nSPS) is 18.2. The Labute approximate surface area is 158 Å². The maximum Gasteiger partial charge on any atom is 0.0781 e. The van der Waals surface area contributed by atoms with Crippen LogP contribution >= 0.6 is 0 Å². The Balaban J connectivity index is 0. The third kappa shape index (κ3) is 21.7. The van der Waals surface area contributed by atoms with Crippen molar-refractivity contribution in [3.8, 4) is 0 Å². The molecule has 0 aliphatic rings. The average molecular weight is 385 g/mol. The zero-order valence-corrected chi connectivity index (χ0v) is 17.1. The van der Waals surface area contributed by atoms with E-state index in [0.717, 1.165) is 0 Å². The highest BCUT2D eigenvalue weighted by molar-refractivity contribution is 4.53. The number of hydrogen-bond acceptors (Lipinski definition) is 8. The van der Waals surface area contributed by atoms with Crippen molar-refractivity contribution >= 4 is 0 Å². The summed E-state index contributed by atoms with van der Waals surface area (Å²) in [6.07, 6.45) is -1.31. The van der Waals surface area contributed by atoms with Crippen molar-refractivity contribution in [3.63, 3.8) is 0 Å². The second kappa shape index (κ2) is 18.1. The molecular formula is C18H40O8. The molecule has 8 nitrogen and oxygen atoms in total. The summed E-state index contributed by atoms with van der Waals surface area (Å²) in [5.41, 5.74) is 0. The first-order valence-electron chi connectivity index (χ1n) is 9.16. The van der Waals surface area contributed by atoms with E-state index in [9.17, 15) is 0 Å². The summed E-state index contributed by atoms with van der Waals surface area (Å²) < 4.78 is 20.9. The molecule has 4 N–H and O–H groups in total. The van der Waals surface area contributed by atoms with Crippen molar-refractivity contribution in [2.45, 2.75) is 78.2 Å². The van der Waals surface area contributed by atoms with Gasteiger partial charge in [-0.3, -0.25) is 0 Å². The molecule has 0 aliphatic carbocycles. The molecule has 160 valence electrons. The van der Waals surface area contributed by atoms with Crippen LogP contribution in [0.5, 0.6) is 0 Å². The molecule has 0 aromatic rings. The molecule has 0 rings (SSSR count). The van der Waals surface area contributed by atoms with Crippen molar-refractivity contribution in [2.75, 3.05) is 39.6 Å². The zero-order valence-electron chi connectivity index (χ0n) is 17.1. The topological polar surface area (TPSA) is 118 Å². The van der Waals surface area contributed by atoms with Crippen LogP contribution in [0.1, 0.15) is 41.5 Å². The van der Waals surface area contributed by atoms with E-state index in [1.807, 2.05) is 13.8 Å². The number of aliphatic hydroxyl groups excluding tert-OH is 4. The molecule has 6 atom stereocenters. The third-order valence-electron chi connectivity index (χ3n) is 2.99. The van der Waals surface area contributed by atoms with Crippen molar-refractivity contribution in [2.24, 2.45) is 0 Å². The molecule has 0 aliphatic heterocycles. The Bertz CT molecular complexity index is 260. The van der Waals surface area contributed by atoms with Gasteiger partial charge in [-0.2, -0.15) is 0 Å². The van der Waals surface area contributed by atoms with Crippen molar-refractivity contribution in [1.29, 1.82) is 0 Å². The van der Waals surface area contributed by atoms with Gasteiger partial charge < -0.3 is 39.4 Å². The molecule has 0 aromatic heterocycles. The Hall–Kier alpha value is -0.320.